The molecule has 0 bridgehead atoms. The number of aromatic nitrogens is 2. The Kier molecular flexibility index (Phi) is 3.74. The summed E-state index contributed by atoms with van der Waals surface area (Å²) in [6, 6.07) is 7.42. The van der Waals surface area contributed by atoms with Gasteiger partial charge in [-0.15, -0.1) is 0 Å². The van der Waals surface area contributed by atoms with Crippen molar-refractivity contribution in [2.75, 3.05) is 0 Å². The molecular weight excluding hydrogens is 242 g/mol. The van der Waals surface area contributed by atoms with Crippen LogP contribution in [0.15, 0.2) is 30.6 Å². The monoisotopic (exact) mass is 255 g/mol. The van der Waals surface area contributed by atoms with Gasteiger partial charge >= 0.3 is 0 Å². The molecular formula is C14H13N3O2. The highest BCUT2D eigenvalue weighted by molar-refractivity contribution is 5.68. The standard InChI is InChI=1S/C14H13N3O2/c1-9-13(11-3-5-16-6-4-11)7-12(8-15)14(17-9)19-10(2)18/h3-7,10,18H,1-2H3. The molecule has 0 amide bonds. The predicted molar refractivity (Wildman–Crippen MR) is 69.2 cm³/mol. The Balaban J connectivity index is 2.52. The lowest BCUT2D eigenvalue weighted by molar-refractivity contribution is -0.00399. The summed E-state index contributed by atoms with van der Waals surface area (Å²) in [5.41, 5.74) is 2.79. The van der Waals surface area contributed by atoms with Gasteiger partial charge in [-0.2, -0.15) is 5.26 Å². The maximum atomic E-state index is 9.22. The Morgan fingerprint density at radius 1 is 1.37 bits per heavy atom. The van der Waals surface area contributed by atoms with Crippen LogP contribution < -0.4 is 4.74 Å². The van der Waals surface area contributed by atoms with Gasteiger partial charge in [0.05, 0.1) is 0 Å². The number of hydrogen-bond acceptors (Lipinski definition) is 5. The van der Waals surface area contributed by atoms with Gasteiger partial charge in [-0.05, 0) is 37.6 Å². The maximum Gasteiger partial charge on any atom is 0.234 e. The molecule has 0 aliphatic rings. The first-order valence-electron chi connectivity index (χ1n) is 5.78. The molecule has 0 fully saturated rings. The molecule has 0 aliphatic heterocycles. The third-order valence-corrected chi connectivity index (χ3v) is 2.57. The van der Waals surface area contributed by atoms with Gasteiger partial charge in [0.15, 0.2) is 6.29 Å². The quantitative estimate of drug-likeness (QED) is 0.849. The lowest BCUT2D eigenvalue weighted by atomic mass is 10.0. The molecule has 2 aromatic rings. The van der Waals surface area contributed by atoms with E-state index in [9.17, 15) is 5.11 Å². The zero-order valence-electron chi connectivity index (χ0n) is 10.7. The highest BCUT2D eigenvalue weighted by Gasteiger charge is 2.13. The lowest BCUT2D eigenvalue weighted by Gasteiger charge is -2.12. The fourth-order valence-electron chi connectivity index (χ4n) is 1.74. The number of aliphatic hydroxyl groups is 1. The van der Waals surface area contributed by atoms with Crippen LogP contribution in [0.1, 0.15) is 18.2 Å². The van der Waals surface area contributed by atoms with Gasteiger partial charge in [-0.1, -0.05) is 0 Å². The van der Waals surface area contributed by atoms with Crippen molar-refractivity contribution in [1.29, 1.82) is 5.26 Å². The molecule has 2 rings (SSSR count). The number of hydrogen-bond donors (Lipinski definition) is 1. The van der Waals surface area contributed by atoms with Crippen LogP contribution in [0.3, 0.4) is 0 Å². The fourth-order valence-corrected chi connectivity index (χ4v) is 1.74. The third kappa shape index (κ3) is 2.87. The van der Waals surface area contributed by atoms with E-state index in [2.05, 4.69) is 9.97 Å². The topological polar surface area (TPSA) is 79.0 Å². The van der Waals surface area contributed by atoms with E-state index in [0.29, 0.717) is 5.56 Å². The smallest absolute Gasteiger partial charge is 0.234 e. The molecule has 96 valence electrons. The van der Waals surface area contributed by atoms with Crippen LogP contribution in [0, 0.1) is 18.3 Å². The molecule has 1 atom stereocenters. The van der Waals surface area contributed by atoms with E-state index >= 15 is 0 Å². The second-order valence-electron chi connectivity index (χ2n) is 4.04. The number of nitriles is 1. The SMILES string of the molecule is Cc1nc(OC(C)O)c(C#N)cc1-c1ccncc1. The number of rotatable bonds is 3. The molecule has 0 spiro atoms. The van der Waals surface area contributed by atoms with Crippen molar-refractivity contribution >= 4 is 0 Å². The molecule has 0 aromatic carbocycles. The molecule has 5 nitrogen and oxygen atoms in total. The van der Waals surface area contributed by atoms with Crippen molar-refractivity contribution in [2.45, 2.75) is 20.1 Å². The van der Waals surface area contributed by atoms with Gasteiger partial charge in [0.1, 0.15) is 11.6 Å². The Morgan fingerprint density at radius 2 is 2.05 bits per heavy atom. The summed E-state index contributed by atoms with van der Waals surface area (Å²) in [7, 11) is 0. The summed E-state index contributed by atoms with van der Waals surface area (Å²) in [5.74, 6) is 0.146. The second kappa shape index (κ2) is 5.46. The molecule has 19 heavy (non-hydrogen) atoms. The minimum Gasteiger partial charge on any atom is -0.447 e. The predicted octanol–water partition coefficient (Wildman–Crippen LogP) is 2.04. The van der Waals surface area contributed by atoms with E-state index in [4.69, 9.17) is 10.00 Å². The van der Waals surface area contributed by atoms with Crippen LogP contribution in [-0.2, 0) is 0 Å². The van der Waals surface area contributed by atoms with Crippen LogP contribution in [-0.4, -0.2) is 21.4 Å². The van der Waals surface area contributed by atoms with Crippen LogP contribution in [0.4, 0.5) is 0 Å². The first-order chi connectivity index (χ1) is 9.11. The van der Waals surface area contributed by atoms with E-state index in [1.807, 2.05) is 25.1 Å². The Labute approximate surface area is 111 Å². The van der Waals surface area contributed by atoms with Crippen LogP contribution in [0.25, 0.3) is 11.1 Å². The van der Waals surface area contributed by atoms with Crippen molar-refractivity contribution in [2.24, 2.45) is 0 Å². The number of aliphatic hydroxyl groups excluding tert-OH is 1. The van der Waals surface area contributed by atoms with Gasteiger partial charge in [-0.25, -0.2) is 4.98 Å². The van der Waals surface area contributed by atoms with E-state index in [-0.39, 0.29) is 5.88 Å². The summed E-state index contributed by atoms with van der Waals surface area (Å²) in [5, 5.41) is 18.4. The van der Waals surface area contributed by atoms with Crippen molar-refractivity contribution in [1.82, 2.24) is 9.97 Å². The highest BCUT2D eigenvalue weighted by atomic mass is 16.6. The van der Waals surface area contributed by atoms with Crippen molar-refractivity contribution in [3.8, 4) is 23.1 Å². The van der Waals surface area contributed by atoms with E-state index in [0.717, 1.165) is 16.8 Å². The Bertz CT molecular complexity index is 619. The van der Waals surface area contributed by atoms with E-state index in [1.165, 1.54) is 6.92 Å². The van der Waals surface area contributed by atoms with Gasteiger partial charge in [-0.3, -0.25) is 4.98 Å². The highest BCUT2D eigenvalue weighted by Crippen LogP contribution is 2.27. The number of nitrogens with zero attached hydrogens (tertiary/aromatic N) is 3. The minimum absolute atomic E-state index is 0.146. The molecule has 0 saturated heterocycles. The first kappa shape index (κ1) is 13.0. The molecule has 1 unspecified atom stereocenters. The average molecular weight is 255 g/mol. The molecule has 1 N–H and O–H groups in total. The zero-order chi connectivity index (χ0) is 13.8. The fraction of sp³-hybridized carbons (Fsp3) is 0.214. The van der Waals surface area contributed by atoms with Gasteiger partial charge in [0.2, 0.25) is 5.88 Å². The summed E-state index contributed by atoms with van der Waals surface area (Å²) < 4.78 is 5.12. The minimum atomic E-state index is -1.01. The number of ether oxygens (including phenoxy) is 1. The third-order valence-electron chi connectivity index (χ3n) is 2.57. The largest absolute Gasteiger partial charge is 0.447 e. The van der Waals surface area contributed by atoms with Crippen LogP contribution in [0.5, 0.6) is 5.88 Å². The molecule has 2 heterocycles. The Morgan fingerprint density at radius 3 is 2.63 bits per heavy atom. The summed E-state index contributed by atoms with van der Waals surface area (Å²) in [6.07, 6.45) is 2.35. The maximum absolute atomic E-state index is 9.22. The van der Waals surface area contributed by atoms with Gasteiger partial charge < -0.3 is 9.84 Å². The summed E-state index contributed by atoms with van der Waals surface area (Å²) in [4.78, 5) is 8.19. The first-order valence-corrected chi connectivity index (χ1v) is 5.78. The van der Waals surface area contributed by atoms with Gasteiger partial charge in [0, 0.05) is 23.7 Å². The Hall–Kier alpha value is -2.45. The van der Waals surface area contributed by atoms with Crippen molar-refractivity contribution < 1.29 is 9.84 Å². The van der Waals surface area contributed by atoms with Crippen LogP contribution >= 0.6 is 0 Å². The van der Waals surface area contributed by atoms with Crippen molar-refractivity contribution in [3.05, 3.63) is 41.9 Å². The van der Waals surface area contributed by atoms with Crippen LogP contribution in [0.2, 0.25) is 0 Å². The molecule has 0 radical (unpaired) electrons. The molecule has 2 aromatic heterocycles. The second-order valence-corrected chi connectivity index (χ2v) is 4.04. The summed E-state index contributed by atoms with van der Waals surface area (Å²) in [6.45, 7) is 3.29. The molecule has 5 heteroatoms. The molecule has 0 aliphatic carbocycles. The average Bonchev–Trinajstić information content (AvgIpc) is 2.39. The number of pyridine rings is 2. The van der Waals surface area contributed by atoms with E-state index in [1.54, 1.807) is 18.5 Å². The zero-order valence-corrected chi connectivity index (χ0v) is 10.7. The number of aryl methyl sites for hydroxylation is 1. The van der Waals surface area contributed by atoms with Gasteiger partial charge in [0.25, 0.3) is 0 Å². The van der Waals surface area contributed by atoms with Crippen molar-refractivity contribution in [3.63, 3.8) is 0 Å². The normalized spacial score (nSPS) is 11.7. The molecule has 0 saturated carbocycles. The summed E-state index contributed by atoms with van der Waals surface area (Å²) >= 11 is 0. The lowest BCUT2D eigenvalue weighted by Crippen LogP contribution is -2.12. The van der Waals surface area contributed by atoms with E-state index < -0.39 is 6.29 Å².